The summed E-state index contributed by atoms with van der Waals surface area (Å²) in [7, 11) is 1.16. The summed E-state index contributed by atoms with van der Waals surface area (Å²) < 4.78 is 63.0. The molecule has 2 saturated heterocycles. The number of carbonyl (C=O) groups is 2. The van der Waals surface area contributed by atoms with E-state index in [4.69, 9.17) is 4.74 Å². The van der Waals surface area contributed by atoms with Gasteiger partial charge < -0.3 is 15.2 Å². The lowest BCUT2D eigenvalue weighted by molar-refractivity contribution is -0.139. The van der Waals surface area contributed by atoms with Gasteiger partial charge in [0.05, 0.1) is 18.7 Å². The van der Waals surface area contributed by atoms with Crippen LogP contribution in [-0.2, 0) is 14.3 Å². The van der Waals surface area contributed by atoms with Crippen molar-refractivity contribution in [1.29, 1.82) is 0 Å². The molecule has 202 valence electrons. The number of aromatic nitrogens is 1. The molecule has 13 heteroatoms. The standard InChI is InChI=1S/C25H24F4N4O4S/c1-37-24(36)20-17(11-33-14-6-12(8-19(34)35)7-18(33)25(28,29)10-14)31-22(23-30-4-5-38-23)32-21(20)13-2-3-15(26)16(27)9-13/h2-5,9,12,14,18,21H,6-8,10-11H2,1H3,(H,31,32)(H,34,35)/t12-,14+,18-,21+/m1/s1. The van der Waals surface area contributed by atoms with Gasteiger partial charge in [-0.1, -0.05) is 6.07 Å². The van der Waals surface area contributed by atoms with Crippen LogP contribution in [-0.4, -0.2) is 64.4 Å². The number of amidine groups is 1. The normalized spacial score (nSPS) is 26.6. The van der Waals surface area contributed by atoms with E-state index in [0.29, 0.717) is 5.01 Å². The van der Waals surface area contributed by atoms with Gasteiger partial charge in [-0.05, 0) is 36.5 Å². The maximum absolute atomic E-state index is 15.0. The SMILES string of the molecule is COC(=O)C1=C(CN2[C@H]3C[C@@H](CC(=O)O)C[C@@H]2C(F)(F)C3)NC(c2nccs2)=N[C@H]1c1ccc(F)c(F)c1. The maximum atomic E-state index is 15.0. The molecule has 8 nitrogen and oxygen atoms in total. The van der Waals surface area contributed by atoms with E-state index in [9.17, 15) is 23.5 Å². The molecular formula is C25H24F4N4O4S. The Kier molecular flexibility index (Phi) is 6.99. The number of thiazole rings is 1. The molecule has 1 aromatic heterocycles. The molecule has 38 heavy (non-hydrogen) atoms. The number of carboxylic acids is 1. The molecule has 2 aromatic rings. The summed E-state index contributed by atoms with van der Waals surface area (Å²) in [6.45, 7) is -0.111. The van der Waals surface area contributed by atoms with Crippen LogP contribution in [0, 0.1) is 17.6 Å². The number of benzene rings is 1. The van der Waals surface area contributed by atoms with Crippen molar-refractivity contribution in [3.63, 3.8) is 0 Å². The van der Waals surface area contributed by atoms with Crippen LogP contribution in [0.15, 0.2) is 46.0 Å². The minimum Gasteiger partial charge on any atom is -0.481 e. The van der Waals surface area contributed by atoms with E-state index in [1.165, 1.54) is 17.4 Å². The first-order valence-electron chi connectivity index (χ1n) is 11.9. The first-order valence-corrected chi connectivity index (χ1v) is 12.8. The van der Waals surface area contributed by atoms with Crippen LogP contribution in [0.1, 0.15) is 42.3 Å². The molecule has 0 spiro atoms. The fraction of sp³-hybridized carbons (Fsp3) is 0.440. The summed E-state index contributed by atoms with van der Waals surface area (Å²) in [6.07, 6.45) is 1.21. The Morgan fingerprint density at radius 1 is 1.26 bits per heavy atom. The fourth-order valence-electron chi connectivity index (χ4n) is 5.67. The van der Waals surface area contributed by atoms with Crippen molar-refractivity contribution in [1.82, 2.24) is 15.2 Å². The largest absolute Gasteiger partial charge is 0.481 e. The molecule has 0 unspecified atom stereocenters. The number of carboxylic acid groups (broad SMARTS) is 1. The number of methoxy groups -OCH3 is 1. The Morgan fingerprint density at radius 2 is 2.05 bits per heavy atom. The molecule has 1 aromatic carbocycles. The Morgan fingerprint density at radius 3 is 2.68 bits per heavy atom. The molecule has 3 aliphatic heterocycles. The van der Waals surface area contributed by atoms with Gasteiger partial charge in [-0.15, -0.1) is 11.3 Å². The second-order valence-corrected chi connectivity index (χ2v) is 10.5. The summed E-state index contributed by atoms with van der Waals surface area (Å²) in [5.41, 5.74) is 0.385. The smallest absolute Gasteiger partial charge is 0.338 e. The second kappa shape index (κ2) is 10.1. The van der Waals surface area contributed by atoms with Crippen molar-refractivity contribution in [2.75, 3.05) is 13.7 Å². The number of piperidine rings is 1. The Bertz CT molecular complexity index is 1320. The van der Waals surface area contributed by atoms with Gasteiger partial charge in [0.25, 0.3) is 5.92 Å². The summed E-state index contributed by atoms with van der Waals surface area (Å²) in [5, 5.41) is 14.4. The zero-order chi connectivity index (χ0) is 27.2. The summed E-state index contributed by atoms with van der Waals surface area (Å²) >= 11 is 1.25. The van der Waals surface area contributed by atoms with Crippen molar-refractivity contribution in [3.05, 3.63) is 63.3 Å². The monoisotopic (exact) mass is 552 g/mol. The van der Waals surface area contributed by atoms with Crippen LogP contribution in [0.4, 0.5) is 17.6 Å². The zero-order valence-electron chi connectivity index (χ0n) is 20.2. The predicted molar refractivity (Wildman–Crippen MR) is 129 cm³/mol. The predicted octanol–water partition coefficient (Wildman–Crippen LogP) is 3.90. The van der Waals surface area contributed by atoms with Gasteiger partial charge in [0, 0.05) is 42.7 Å². The van der Waals surface area contributed by atoms with Gasteiger partial charge in [0.15, 0.2) is 22.5 Å². The van der Waals surface area contributed by atoms with Crippen molar-refractivity contribution in [2.24, 2.45) is 10.9 Å². The highest BCUT2D eigenvalue weighted by Crippen LogP contribution is 2.48. The van der Waals surface area contributed by atoms with Gasteiger partial charge in [-0.25, -0.2) is 27.3 Å². The number of ether oxygens (including phenoxy) is 1. The molecule has 4 atom stereocenters. The molecule has 4 heterocycles. The van der Waals surface area contributed by atoms with E-state index in [-0.39, 0.29) is 54.4 Å². The molecule has 0 radical (unpaired) electrons. The van der Waals surface area contributed by atoms with Gasteiger partial charge in [-0.2, -0.15) is 0 Å². The Labute approximate surface area is 219 Å². The minimum atomic E-state index is -3.04. The first kappa shape index (κ1) is 26.3. The van der Waals surface area contributed by atoms with E-state index < -0.39 is 54.0 Å². The Balaban J connectivity index is 1.56. The number of hydrogen-bond donors (Lipinski definition) is 2. The van der Waals surface area contributed by atoms with E-state index in [1.807, 2.05) is 0 Å². The van der Waals surface area contributed by atoms with E-state index in [2.05, 4.69) is 15.3 Å². The van der Waals surface area contributed by atoms with Gasteiger partial charge in [-0.3, -0.25) is 14.7 Å². The van der Waals surface area contributed by atoms with Crippen LogP contribution >= 0.6 is 11.3 Å². The van der Waals surface area contributed by atoms with Crippen LogP contribution in [0.2, 0.25) is 0 Å². The number of esters is 1. The molecule has 2 N–H and O–H groups in total. The number of halogens is 4. The number of alkyl halides is 2. The molecule has 0 amide bonds. The minimum absolute atomic E-state index is 0.00331. The number of nitrogens with zero attached hydrogens (tertiary/aromatic N) is 3. The third kappa shape index (κ3) is 4.92. The topological polar surface area (TPSA) is 104 Å². The molecule has 2 bridgehead atoms. The Hall–Kier alpha value is -3.32. The number of rotatable bonds is 7. The molecule has 2 fully saturated rings. The molecule has 3 aliphatic rings. The lowest BCUT2D eigenvalue weighted by atomic mass is 9.87. The van der Waals surface area contributed by atoms with Crippen LogP contribution < -0.4 is 5.32 Å². The van der Waals surface area contributed by atoms with Crippen LogP contribution in [0.5, 0.6) is 0 Å². The van der Waals surface area contributed by atoms with Crippen molar-refractivity contribution >= 4 is 29.1 Å². The third-order valence-corrected chi connectivity index (χ3v) is 8.04. The highest BCUT2D eigenvalue weighted by molar-refractivity contribution is 7.11. The average Bonchev–Trinajstić information content (AvgIpc) is 3.44. The second-order valence-electron chi connectivity index (χ2n) is 9.64. The molecular weight excluding hydrogens is 528 g/mol. The van der Waals surface area contributed by atoms with E-state index in [0.717, 1.165) is 19.2 Å². The van der Waals surface area contributed by atoms with E-state index >= 15 is 8.78 Å². The van der Waals surface area contributed by atoms with E-state index in [1.54, 1.807) is 16.5 Å². The lowest BCUT2D eigenvalue weighted by Crippen LogP contribution is -2.50. The maximum Gasteiger partial charge on any atom is 0.338 e. The summed E-state index contributed by atoms with van der Waals surface area (Å²) in [5.74, 6) is -7.21. The molecule has 5 rings (SSSR count). The average molecular weight is 553 g/mol. The third-order valence-electron chi connectivity index (χ3n) is 7.26. The lowest BCUT2D eigenvalue weighted by Gasteiger charge is -2.40. The van der Waals surface area contributed by atoms with Crippen LogP contribution in [0.25, 0.3) is 0 Å². The highest BCUT2D eigenvalue weighted by Gasteiger charge is 2.57. The summed E-state index contributed by atoms with van der Waals surface area (Å²) in [6, 6.07) is 0.216. The fourth-order valence-corrected chi connectivity index (χ4v) is 6.25. The quantitative estimate of drug-likeness (QED) is 0.397. The van der Waals surface area contributed by atoms with Crippen molar-refractivity contribution in [3.8, 4) is 0 Å². The number of carbonyl (C=O) groups excluding carboxylic acids is 1. The van der Waals surface area contributed by atoms with Gasteiger partial charge in [0.1, 0.15) is 6.04 Å². The number of fused-ring (bicyclic) bond motifs is 2. The summed E-state index contributed by atoms with van der Waals surface area (Å²) in [4.78, 5) is 34.7. The highest BCUT2D eigenvalue weighted by atomic mass is 32.1. The molecule has 0 saturated carbocycles. The van der Waals surface area contributed by atoms with Gasteiger partial charge in [0.2, 0.25) is 0 Å². The number of nitrogens with one attached hydrogen (secondary N) is 1. The van der Waals surface area contributed by atoms with Crippen molar-refractivity contribution < 1.29 is 37.0 Å². The van der Waals surface area contributed by atoms with Crippen molar-refractivity contribution in [2.45, 2.75) is 49.7 Å². The zero-order valence-corrected chi connectivity index (χ0v) is 21.0. The number of aliphatic carboxylic acids is 1. The number of aliphatic imine (C=N–C) groups is 1. The van der Waals surface area contributed by atoms with Gasteiger partial charge >= 0.3 is 11.9 Å². The molecule has 0 aliphatic carbocycles. The number of hydrogen-bond acceptors (Lipinski definition) is 8. The first-order chi connectivity index (χ1) is 18.1. The van der Waals surface area contributed by atoms with Crippen LogP contribution in [0.3, 0.4) is 0 Å².